The molecule has 144 valence electrons. The van der Waals surface area contributed by atoms with Crippen LogP contribution in [0.25, 0.3) is 0 Å². The molecular weight excluding hydrogens is 376 g/mol. The van der Waals surface area contributed by atoms with Crippen molar-refractivity contribution in [3.05, 3.63) is 23.0 Å². The van der Waals surface area contributed by atoms with Gasteiger partial charge >= 0.3 is 35.0 Å². The van der Waals surface area contributed by atoms with Crippen LogP contribution in [0.5, 0.6) is 0 Å². The number of esters is 2. The number of rotatable bonds is 4. The monoisotopic (exact) mass is 392 g/mol. The van der Waals surface area contributed by atoms with Crippen LogP contribution in [0, 0.1) is 0 Å². The van der Waals surface area contributed by atoms with Gasteiger partial charge in [-0.25, -0.2) is 9.59 Å². The summed E-state index contributed by atoms with van der Waals surface area (Å²) in [5.74, 6) is -6.50. The molecule has 26 heavy (non-hydrogen) atoms. The van der Waals surface area contributed by atoms with Gasteiger partial charge in [0, 0.05) is 11.5 Å². The summed E-state index contributed by atoms with van der Waals surface area (Å²) in [5, 5.41) is 73.5. The summed E-state index contributed by atoms with van der Waals surface area (Å²) in [4.78, 5) is 20.9. The second-order valence-corrected chi connectivity index (χ2v) is 4.58. The molecule has 0 aromatic heterocycles. The molecule has 0 saturated heterocycles. The van der Waals surface area contributed by atoms with Crippen molar-refractivity contribution in [3.63, 3.8) is 0 Å². The summed E-state index contributed by atoms with van der Waals surface area (Å²) in [6.45, 7) is -1.40. The van der Waals surface area contributed by atoms with Crippen molar-refractivity contribution < 1.29 is 65.4 Å². The van der Waals surface area contributed by atoms with E-state index in [9.17, 15) is 19.8 Å². The van der Waals surface area contributed by atoms with Gasteiger partial charge in [0.2, 0.25) is 0 Å². The van der Waals surface area contributed by atoms with E-state index < -0.39 is 72.6 Å². The van der Waals surface area contributed by atoms with Gasteiger partial charge in [0.05, 0.1) is 13.2 Å². The molecule has 2 rings (SSSR count). The van der Waals surface area contributed by atoms with Crippen LogP contribution in [0.2, 0.25) is 0 Å². The summed E-state index contributed by atoms with van der Waals surface area (Å²) < 4.78 is 8.51. The molecule has 0 fully saturated rings. The van der Waals surface area contributed by atoms with Crippen molar-refractivity contribution in [1.29, 1.82) is 0 Å². The second kappa shape index (κ2) is 11.0. The van der Waals surface area contributed by atoms with Crippen molar-refractivity contribution in [2.24, 2.45) is 0 Å². The van der Waals surface area contributed by atoms with Gasteiger partial charge in [0.1, 0.15) is 23.7 Å². The molecule has 0 radical (unpaired) electrons. The topological polar surface area (TPSA) is 252 Å². The van der Waals surface area contributed by atoms with Gasteiger partial charge in [-0.05, 0) is 0 Å². The Hall–Kier alpha value is -1.81. The Bertz CT molecular complexity index is 521. The van der Waals surface area contributed by atoms with E-state index in [0.29, 0.717) is 0 Å². The van der Waals surface area contributed by atoms with Crippen LogP contribution in [0.15, 0.2) is 23.0 Å². The first-order valence-electron chi connectivity index (χ1n) is 6.35. The Morgan fingerprint density at radius 1 is 0.846 bits per heavy atom. The number of hydrogen-bond donors (Lipinski definition) is 6. The maximum atomic E-state index is 10.6. The zero-order valence-corrected chi connectivity index (χ0v) is 14.5. The van der Waals surface area contributed by atoms with Crippen LogP contribution in [0.4, 0.5) is 0 Å². The average molecular weight is 393 g/mol. The third-order valence-electron chi connectivity index (χ3n) is 2.92. The third-order valence-corrected chi connectivity index (χ3v) is 2.92. The van der Waals surface area contributed by atoms with Gasteiger partial charge in [-0.3, -0.25) is 0 Å². The molecule has 0 amide bonds. The molecule has 0 aromatic carbocycles. The van der Waals surface area contributed by atoms with Crippen LogP contribution >= 0.6 is 0 Å². The molecule has 0 aliphatic carbocycles. The van der Waals surface area contributed by atoms with E-state index in [1.54, 1.807) is 0 Å². The molecular formula is C12H16MgO13. The summed E-state index contributed by atoms with van der Waals surface area (Å²) in [7, 11) is 0. The summed E-state index contributed by atoms with van der Waals surface area (Å²) in [6.07, 6.45) is -5.76. The molecule has 2 aliphatic rings. The van der Waals surface area contributed by atoms with Gasteiger partial charge in [-0.2, -0.15) is 0 Å². The number of carbonyl (C=O) groups excluding carboxylic acids is 2. The van der Waals surface area contributed by atoms with Gasteiger partial charge < -0.3 is 55.8 Å². The average Bonchev–Trinajstić information content (AvgIpc) is 2.98. The number of aliphatic hydroxyl groups excluding tert-OH is 6. The first-order chi connectivity index (χ1) is 11.1. The number of hydrogen-bond acceptors (Lipinski definition) is 12. The number of ether oxygens (including phenoxy) is 2. The smallest absolute Gasteiger partial charge is 0.865 e. The van der Waals surface area contributed by atoms with Gasteiger partial charge in [-0.15, -0.1) is 0 Å². The standard InChI is InChI=1S/2C6H8O6.Mg.H2O/c2*7-1-2(8)5-3(9)4(10)6(11)12-5;;/h2*2,5,7-10H,1H2;;1H2/q;;+2;/p-2/t2*2-,5+;;/m00../s1. The first-order valence-corrected chi connectivity index (χ1v) is 6.35. The zero-order chi connectivity index (χ0) is 18.6. The van der Waals surface area contributed by atoms with E-state index in [4.69, 9.17) is 30.6 Å². The molecule has 8 N–H and O–H groups in total. The minimum Gasteiger partial charge on any atom is -0.865 e. The fourth-order valence-corrected chi connectivity index (χ4v) is 1.63. The zero-order valence-electron chi connectivity index (χ0n) is 13.1. The van der Waals surface area contributed by atoms with E-state index in [-0.39, 0.29) is 28.5 Å². The molecule has 0 spiro atoms. The number of cyclic esters (lactones) is 2. The molecule has 0 aromatic rings. The predicted octanol–water partition coefficient (Wildman–Crippen LogP) is -6.42. The van der Waals surface area contributed by atoms with Crippen molar-refractivity contribution in [3.8, 4) is 0 Å². The maximum Gasteiger partial charge on any atom is 2.00 e. The molecule has 2 heterocycles. The largest absolute Gasteiger partial charge is 2.00 e. The van der Waals surface area contributed by atoms with Crippen molar-refractivity contribution in [1.82, 2.24) is 0 Å². The van der Waals surface area contributed by atoms with Gasteiger partial charge in [0.15, 0.2) is 12.2 Å². The van der Waals surface area contributed by atoms with Crippen molar-refractivity contribution in [2.45, 2.75) is 24.4 Å². The minimum atomic E-state index is -1.46. The minimum absolute atomic E-state index is 0. The van der Waals surface area contributed by atoms with E-state index in [2.05, 4.69) is 9.47 Å². The predicted molar refractivity (Wildman–Crippen MR) is 74.6 cm³/mol. The van der Waals surface area contributed by atoms with Gasteiger partial charge in [-0.1, -0.05) is 0 Å². The van der Waals surface area contributed by atoms with Crippen LogP contribution in [-0.2, 0) is 19.1 Å². The van der Waals surface area contributed by atoms with E-state index in [1.807, 2.05) is 0 Å². The molecule has 4 atom stereocenters. The molecule has 14 heteroatoms. The summed E-state index contributed by atoms with van der Waals surface area (Å²) in [6, 6.07) is 0. The maximum absolute atomic E-state index is 10.6. The number of aliphatic hydroxyl groups is 6. The fourth-order valence-electron chi connectivity index (χ4n) is 1.63. The van der Waals surface area contributed by atoms with E-state index in [1.165, 1.54) is 0 Å². The Balaban J connectivity index is 0. The summed E-state index contributed by atoms with van der Waals surface area (Å²) >= 11 is 0. The van der Waals surface area contributed by atoms with Crippen molar-refractivity contribution in [2.75, 3.05) is 13.2 Å². The van der Waals surface area contributed by atoms with Crippen molar-refractivity contribution >= 4 is 35.0 Å². The first kappa shape index (κ1) is 26.4. The Morgan fingerprint density at radius 2 is 1.12 bits per heavy atom. The van der Waals surface area contributed by atoms with Crippen LogP contribution in [0.3, 0.4) is 0 Å². The second-order valence-electron chi connectivity index (χ2n) is 4.58. The fraction of sp³-hybridized carbons (Fsp3) is 0.500. The van der Waals surface area contributed by atoms with Crippen LogP contribution < -0.4 is 10.2 Å². The Kier molecular flexibility index (Phi) is 11.2. The Morgan fingerprint density at radius 3 is 1.27 bits per heavy atom. The van der Waals surface area contributed by atoms with Crippen LogP contribution in [-0.4, -0.2) is 109 Å². The third kappa shape index (κ3) is 5.60. The summed E-state index contributed by atoms with van der Waals surface area (Å²) in [5.41, 5.74) is 0. The van der Waals surface area contributed by atoms with Gasteiger partial charge in [0.25, 0.3) is 0 Å². The van der Waals surface area contributed by atoms with E-state index >= 15 is 0 Å². The Labute approximate surface area is 161 Å². The van der Waals surface area contributed by atoms with Crippen LogP contribution in [0.1, 0.15) is 0 Å². The molecule has 0 saturated carbocycles. The molecule has 2 aliphatic heterocycles. The quantitative estimate of drug-likeness (QED) is 0.193. The molecule has 0 unspecified atom stereocenters. The SMILES string of the molecule is O.O=C1O[C@H]([C@@H](O)CO)C(O)=C1[O-].O=C1O[C@H]([C@@H](O)CO)C(O)=C1[O-].[Mg+2]. The van der Waals surface area contributed by atoms with E-state index in [0.717, 1.165) is 0 Å². The normalized spacial score (nSPS) is 23.8. The molecule has 13 nitrogen and oxygen atoms in total. The number of carbonyl (C=O) groups is 2. The molecule has 0 bridgehead atoms.